The molecule has 3 aliphatic rings. The highest BCUT2D eigenvalue weighted by Crippen LogP contribution is 2.13. The molecule has 8 heteroatoms. The van der Waals surface area contributed by atoms with Gasteiger partial charge in [-0.25, -0.2) is 0 Å². The zero-order chi connectivity index (χ0) is 30.3. The highest BCUT2D eigenvalue weighted by molar-refractivity contribution is 5.22. The number of rotatable bonds is 5. The molecule has 3 saturated heterocycles. The first kappa shape index (κ1) is 34.8. The first-order chi connectivity index (χ1) is 21.0. The molecule has 3 aliphatic heterocycles. The molecule has 0 saturated carbocycles. The molecular formula is C35H66N8. The van der Waals surface area contributed by atoms with Crippen LogP contribution in [0.4, 0.5) is 0 Å². The Labute approximate surface area is 265 Å². The molecule has 246 valence electrons. The third kappa shape index (κ3) is 13.4. The molecule has 1 aromatic rings. The van der Waals surface area contributed by atoms with Crippen molar-refractivity contribution in [3.8, 4) is 0 Å². The molecule has 2 atom stereocenters. The fourth-order valence-electron chi connectivity index (χ4n) is 6.95. The number of fused-ring (bicyclic) bond motifs is 3. The first-order valence-electron chi connectivity index (χ1n) is 17.7. The van der Waals surface area contributed by atoms with E-state index in [9.17, 15) is 0 Å². The Morgan fingerprint density at radius 2 is 0.744 bits per heavy atom. The number of hydrogen-bond donors (Lipinski definition) is 0. The summed E-state index contributed by atoms with van der Waals surface area (Å²) in [7, 11) is 6.87. The van der Waals surface area contributed by atoms with Crippen LogP contribution in [0.2, 0.25) is 0 Å². The van der Waals surface area contributed by atoms with Crippen molar-refractivity contribution in [2.75, 3.05) is 145 Å². The van der Waals surface area contributed by atoms with Crippen LogP contribution >= 0.6 is 0 Å². The van der Waals surface area contributed by atoms with Crippen molar-refractivity contribution in [3.63, 3.8) is 0 Å². The van der Waals surface area contributed by atoms with Gasteiger partial charge >= 0.3 is 0 Å². The SMILES string of the molecule is CCN1CCCN(C)CCN(C)CCCN(Cc2ccc(CN3CCCN4CCN(C)CCCN(CC4)CC3)cc2)CC1. The lowest BCUT2D eigenvalue weighted by Gasteiger charge is -2.35. The number of hydrogen-bond acceptors (Lipinski definition) is 8. The summed E-state index contributed by atoms with van der Waals surface area (Å²) in [5.74, 6) is 0. The molecule has 2 unspecified atom stereocenters. The first-order valence-corrected chi connectivity index (χ1v) is 17.7. The zero-order valence-corrected chi connectivity index (χ0v) is 28.6. The average molecular weight is 599 g/mol. The molecule has 0 aromatic heterocycles. The fourth-order valence-corrected chi connectivity index (χ4v) is 6.95. The maximum atomic E-state index is 2.73. The van der Waals surface area contributed by atoms with E-state index < -0.39 is 0 Å². The van der Waals surface area contributed by atoms with Gasteiger partial charge in [0.2, 0.25) is 0 Å². The second-order valence-corrected chi connectivity index (χ2v) is 13.8. The Bertz CT molecular complexity index is 866. The van der Waals surface area contributed by atoms with Crippen LogP contribution in [0.5, 0.6) is 0 Å². The van der Waals surface area contributed by atoms with Gasteiger partial charge in [0.25, 0.3) is 0 Å². The van der Waals surface area contributed by atoms with Crippen molar-refractivity contribution in [3.05, 3.63) is 35.4 Å². The third-order valence-electron chi connectivity index (χ3n) is 10.1. The molecule has 3 heterocycles. The van der Waals surface area contributed by atoms with Gasteiger partial charge in [0.15, 0.2) is 0 Å². The Morgan fingerprint density at radius 3 is 1.26 bits per heavy atom. The lowest BCUT2D eigenvalue weighted by molar-refractivity contribution is 0.124. The summed E-state index contributed by atoms with van der Waals surface area (Å²) < 4.78 is 0. The predicted octanol–water partition coefficient (Wildman–Crippen LogP) is 2.61. The van der Waals surface area contributed by atoms with E-state index in [1.165, 1.54) is 148 Å². The van der Waals surface area contributed by atoms with Gasteiger partial charge in [-0.3, -0.25) is 9.80 Å². The van der Waals surface area contributed by atoms with Crippen molar-refractivity contribution in [2.24, 2.45) is 0 Å². The van der Waals surface area contributed by atoms with Crippen molar-refractivity contribution >= 4 is 0 Å². The molecule has 0 amide bonds. The smallest absolute Gasteiger partial charge is 0.0234 e. The summed E-state index contributed by atoms with van der Waals surface area (Å²) in [6, 6.07) is 9.66. The van der Waals surface area contributed by atoms with Gasteiger partial charge in [-0.1, -0.05) is 31.2 Å². The Hall–Kier alpha value is -1.10. The second-order valence-electron chi connectivity index (χ2n) is 13.8. The van der Waals surface area contributed by atoms with Crippen LogP contribution in [0.3, 0.4) is 0 Å². The van der Waals surface area contributed by atoms with Crippen molar-refractivity contribution in [2.45, 2.75) is 45.7 Å². The van der Waals surface area contributed by atoms with E-state index in [1.54, 1.807) is 0 Å². The van der Waals surface area contributed by atoms with Crippen molar-refractivity contribution in [1.82, 2.24) is 39.2 Å². The highest BCUT2D eigenvalue weighted by atomic mass is 15.3. The van der Waals surface area contributed by atoms with Crippen LogP contribution in [0.1, 0.15) is 43.7 Å². The van der Waals surface area contributed by atoms with Gasteiger partial charge in [0.1, 0.15) is 0 Å². The van der Waals surface area contributed by atoms with Crippen LogP contribution in [0, 0.1) is 0 Å². The molecule has 43 heavy (non-hydrogen) atoms. The van der Waals surface area contributed by atoms with Crippen LogP contribution in [-0.2, 0) is 13.1 Å². The molecule has 1 aromatic carbocycles. The molecule has 0 N–H and O–H groups in total. The summed E-state index contributed by atoms with van der Waals surface area (Å²) in [6.07, 6.45) is 5.07. The lowest BCUT2D eigenvalue weighted by atomic mass is 10.1. The topological polar surface area (TPSA) is 25.9 Å². The lowest BCUT2D eigenvalue weighted by Crippen LogP contribution is -2.46. The largest absolute Gasteiger partial charge is 0.305 e. The zero-order valence-electron chi connectivity index (χ0n) is 28.6. The summed E-state index contributed by atoms with van der Waals surface area (Å²) in [4.78, 5) is 21.1. The monoisotopic (exact) mass is 599 g/mol. The molecule has 4 rings (SSSR count). The van der Waals surface area contributed by atoms with E-state index >= 15 is 0 Å². The van der Waals surface area contributed by atoms with Gasteiger partial charge in [0, 0.05) is 78.5 Å². The second kappa shape index (κ2) is 19.4. The number of benzene rings is 1. The minimum absolute atomic E-state index is 1.06. The average Bonchev–Trinajstić information content (AvgIpc) is 3.01. The minimum Gasteiger partial charge on any atom is -0.305 e. The Morgan fingerprint density at radius 1 is 0.395 bits per heavy atom. The highest BCUT2D eigenvalue weighted by Gasteiger charge is 2.18. The molecule has 2 bridgehead atoms. The van der Waals surface area contributed by atoms with Gasteiger partial charge in [0.05, 0.1) is 0 Å². The summed E-state index contributed by atoms with van der Waals surface area (Å²) in [5.41, 5.74) is 2.93. The maximum Gasteiger partial charge on any atom is 0.0234 e. The van der Waals surface area contributed by atoms with Gasteiger partial charge in [-0.05, 0) is 117 Å². The van der Waals surface area contributed by atoms with Crippen LogP contribution < -0.4 is 0 Å². The van der Waals surface area contributed by atoms with E-state index in [4.69, 9.17) is 0 Å². The van der Waals surface area contributed by atoms with E-state index in [0.29, 0.717) is 0 Å². The number of likely N-dealkylation sites (N-methyl/N-ethyl adjacent to an activating group) is 4. The van der Waals surface area contributed by atoms with E-state index in [1.807, 2.05) is 0 Å². The Kier molecular flexibility index (Phi) is 15.7. The van der Waals surface area contributed by atoms with E-state index in [0.717, 1.165) is 26.2 Å². The van der Waals surface area contributed by atoms with Crippen molar-refractivity contribution < 1.29 is 0 Å². The van der Waals surface area contributed by atoms with E-state index in [2.05, 4.69) is 91.5 Å². The molecule has 0 radical (unpaired) electrons. The van der Waals surface area contributed by atoms with Gasteiger partial charge in [-0.2, -0.15) is 0 Å². The molecule has 0 spiro atoms. The van der Waals surface area contributed by atoms with Crippen LogP contribution in [0.15, 0.2) is 24.3 Å². The fraction of sp³-hybridized carbons (Fsp3) is 0.829. The Balaban J connectivity index is 1.30. The molecule has 8 nitrogen and oxygen atoms in total. The maximum absolute atomic E-state index is 2.73. The summed E-state index contributed by atoms with van der Waals surface area (Å²) in [6.45, 7) is 27.2. The minimum atomic E-state index is 1.06. The number of nitrogens with zero attached hydrogens (tertiary/aromatic N) is 8. The summed E-state index contributed by atoms with van der Waals surface area (Å²) >= 11 is 0. The van der Waals surface area contributed by atoms with Crippen molar-refractivity contribution in [1.29, 1.82) is 0 Å². The standard InChI is InChI=1S/C35H66N8/c1-5-39-17-6-14-36(2)22-23-37(3)16-8-20-42(30-26-39)32-34-10-12-35(13-11-34)33-43-21-9-19-40-25-24-38(4)15-7-18-41(28-27-40)29-31-43/h10-13H,5-9,14-33H2,1-4H3. The molecule has 3 fully saturated rings. The van der Waals surface area contributed by atoms with Crippen LogP contribution in [-0.4, -0.2) is 185 Å². The van der Waals surface area contributed by atoms with Crippen LogP contribution in [0.25, 0.3) is 0 Å². The summed E-state index contributed by atoms with van der Waals surface area (Å²) in [5, 5.41) is 0. The quantitative estimate of drug-likeness (QED) is 0.511. The van der Waals surface area contributed by atoms with Gasteiger partial charge in [-0.15, -0.1) is 0 Å². The van der Waals surface area contributed by atoms with Gasteiger partial charge < -0.3 is 29.4 Å². The van der Waals surface area contributed by atoms with E-state index in [-0.39, 0.29) is 0 Å². The predicted molar refractivity (Wildman–Crippen MR) is 183 cm³/mol. The molecular weight excluding hydrogens is 532 g/mol. The molecule has 0 aliphatic carbocycles. The third-order valence-corrected chi connectivity index (χ3v) is 10.1. The normalized spacial score (nSPS) is 27.5.